The minimum absolute atomic E-state index is 0.0916. The van der Waals surface area contributed by atoms with Gasteiger partial charge in [-0.25, -0.2) is 4.79 Å². The van der Waals surface area contributed by atoms with Crippen LogP contribution in [0.15, 0.2) is 0 Å². The molecule has 0 spiro atoms. The fourth-order valence-electron chi connectivity index (χ4n) is 3.16. The summed E-state index contributed by atoms with van der Waals surface area (Å²) >= 11 is 0. The molecule has 108 valence electrons. The molecule has 4 atom stereocenters. The SMILES string of the molecule is CCCC1CC1NC(=O)NCC1CCCC1C(=O)O. The highest BCUT2D eigenvalue weighted by molar-refractivity contribution is 5.75. The van der Waals surface area contributed by atoms with Crippen molar-refractivity contribution in [1.82, 2.24) is 10.6 Å². The first kappa shape index (κ1) is 14.2. The predicted octanol–water partition coefficient (Wildman–Crippen LogP) is 1.98. The molecular formula is C14H24N2O3. The number of urea groups is 1. The molecule has 0 radical (unpaired) electrons. The van der Waals surface area contributed by atoms with Gasteiger partial charge in [-0.2, -0.15) is 0 Å². The molecule has 19 heavy (non-hydrogen) atoms. The van der Waals surface area contributed by atoms with E-state index in [1.165, 1.54) is 6.42 Å². The molecule has 4 unspecified atom stereocenters. The summed E-state index contributed by atoms with van der Waals surface area (Å²) in [4.78, 5) is 22.7. The maximum absolute atomic E-state index is 11.7. The summed E-state index contributed by atoms with van der Waals surface area (Å²) in [6, 6.07) is 0.193. The predicted molar refractivity (Wildman–Crippen MR) is 71.8 cm³/mol. The van der Waals surface area contributed by atoms with Crippen molar-refractivity contribution < 1.29 is 14.7 Å². The van der Waals surface area contributed by atoms with Crippen LogP contribution in [0.4, 0.5) is 4.79 Å². The standard InChI is InChI=1S/C14H24N2O3/c1-2-4-9-7-12(9)16-14(19)15-8-10-5-3-6-11(10)13(17)18/h9-12H,2-8H2,1H3,(H,17,18)(H2,15,16,19). The van der Waals surface area contributed by atoms with Crippen LogP contribution in [-0.2, 0) is 4.79 Å². The smallest absolute Gasteiger partial charge is 0.315 e. The van der Waals surface area contributed by atoms with Crippen molar-refractivity contribution in [2.45, 2.75) is 51.5 Å². The minimum atomic E-state index is -0.727. The molecule has 5 nitrogen and oxygen atoms in total. The lowest BCUT2D eigenvalue weighted by molar-refractivity contribution is -0.142. The van der Waals surface area contributed by atoms with Crippen LogP contribution in [-0.4, -0.2) is 29.7 Å². The fraction of sp³-hybridized carbons (Fsp3) is 0.857. The van der Waals surface area contributed by atoms with Gasteiger partial charge >= 0.3 is 12.0 Å². The lowest BCUT2D eigenvalue weighted by Gasteiger charge is -2.16. The first-order valence-electron chi connectivity index (χ1n) is 7.39. The highest BCUT2D eigenvalue weighted by atomic mass is 16.4. The van der Waals surface area contributed by atoms with Crippen LogP contribution in [0.25, 0.3) is 0 Å². The first-order chi connectivity index (χ1) is 9.11. The number of carboxylic acid groups (broad SMARTS) is 1. The zero-order valence-corrected chi connectivity index (χ0v) is 11.5. The van der Waals surface area contributed by atoms with E-state index in [-0.39, 0.29) is 17.9 Å². The molecule has 0 aromatic rings. The van der Waals surface area contributed by atoms with Crippen LogP contribution in [0.5, 0.6) is 0 Å². The summed E-state index contributed by atoms with van der Waals surface area (Å²) < 4.78 is 0. The number of carbonyl (C=O) groups excluding carboxylic acids is 1. The third-order valence-corrected chi connectivity index (χ3v) is 4.40. The number of amides is 2. The van der Waals surface area contributed by atoms with E-state index in [0.717, 1.165) is 32.1 Å². The van der Waals surface area contributed by atoms with Crippen molar-refractivity contribution in [2.75, 3.05) is 6.54 Å². The average Bonchev–Trinajstić information content (AvgIpc) is 2.92. The Morgan fingerprint density at radius 3 is 2.74 bits per heavy atom. The van der Waals surface area contributed by atoms with E-state index in [1.807, 2.05) is 0 Å². The lowest BCUT2D eigenvalue weighted by atomic mass is 9.96. The van der Waals surface area contributed by atoms with E-state index >= 15 is 0 Å². The number of hydrogen-bond acceptors (Lipinski definition) is 2. The third kappa shape index (κ3) is 3.85. The molecule has 3 N–H and O–H groups in total. The van der Waals surface area contributed by atoms with Gasteiger partial charge in [-0.05, 0) is 37.5 Å². The number of nitrogens with one attached hydrogen (secondary N) is 2. The Morgan fingerprint density at radius 1 is 1.26 bits per heavy atom. The van der Waals surface area contributed by atoms with Crippen LogP contribution in [0, 0.1) is 17.8 Å². The van der Waals surface area contributed by atoms with Crippen LogP contribution in [0.3, 0.4) is 0 Å². The zero-order chi connectivity index (χ0) is 13.8. The van der Waals surface area contributed by atoms with E-state index in [0.29, 0.717) is 18.5 Å². The average molecular weight is 268 g/mol. The van der Waals surface area contributed by atoms with Crippen LogP contribution < -0.4 is 10.6 Å². The number of carboxylic acids is 1. The van der Waals surface area contributed by atoms with E-state index < -0.39 is 5.97 Å². The van der Waals surface area contributed by atoms with Gasteiger partial charge in [-0.3, -0.25) is 4.79 Å². The van der Waals surface area contributed by atoms with Crippen molar-refractivity contribution in [3.63, 3.8) is 0 Å². The van der Waals surface area contributed by atoms with E-state index in [9.17, 15) is 9.59 Å². The van der Waals surface area contributed by atoms with Gasteiger partial charge in [-0.15, -0.1) is 0 Å². The van der Waals surface area contributed by atoms with E-state index in [4.69, 9.17) is 5.11 Å². The summed E-state index contributed by atoms with van der Waals surface area (Å²) in [5.74, 6) is -0.271. The van der Waals surface area contributed by atoms with Crippen molar-refractivity contribution in [1.29, 1.82) is 0 Å². The van der Waals surface area contributed by atoms with Gasteiger partial charge in [0.15, 0.2) is 0 Å². The summed E-state index contributed by atoms with van der Waals surface area (Å²) in [5, 5.41) is 14.9. The molecular weight excluding hydrogens is 244 g/mol. The number of hydrogen-bond donors (Lipinski definition) is 3. The Kier molecular flexibility index (Phi) is 4.66. The quantitative estimate of drug-likeness (QED) is 0.689. The van der Waals surface area contributed by atoms with Crippen molar-refractivity contribution >= 4 is 12.0 Å². The summed E-state index contributed by atoms with van der Waals surface area (Å²) in [6.45, 7) is 2.63. The van der Waals surface area contributed by atoms with Crippen molar-refractivity contribution in [3.05, 3.63) is 0 Å². The second kappa shape index (κ2) is 6.26. The van der Waals surface area contributed by atoms with E-state index in [1.54, 1.807) is 0 Å². The number of carbonyl (C=O) groups is 2. The van der Waals surface area contributed by atoms with Gasteiger partial charge in [0.2, 0.25) is 0 Å². The molecule has 5 heteroatoms. The molecule has 0 aliphatic heterocycles. The Hall–Kier alpha value is -1.26. The molecule has 0 saturated heterocycles. The fourth-order valence-corrected chi connectivity index (χ4v) is 3.16. The van der Waals surface area contributed by atoms with Gasteiger partial charge in [0.25, 0.3) is 0 Å². The molecule has 0 aromatic carbocycles. The molecule has 2 amide bonds. The molecule has 0 aromatic heterocycles. The summed E-state index contributed by atoms with van der Waals surface area (Å²) in [6.07, 6.45) is 6.01. The monoisotopic (exact) mass is 268 g/mol. The van der Waals surface area contributed by atoms with Crippen LogP contribution in [0.1, 0.15) is 45.4 Å². The molecule has 2 aliphatic rings. The molecule has 2 aliphatic carbocycles. The van der Waals surface area contributed by atoms with Gasteiger partial charge in [0.1, 0.15) is 0 Å². The molecule has 0 bridgehead atoms. The molecule has 2 saturated carbocycles. The highest BCUT2D eigenvalue weighted by Gasteiger charge is 2.37. The van der Waals surface area contributed by atoms with Gasteiger partial charge in [0.05, 0.1) is 5.92 Å². The maximum Gasteiger partial charge on any atom is 0.315 e. The number of aliphatic carboxylic acids is 1. The zero-order valence-electron chi connectivity index (χ0n) is 11.5. The Balaban J connectivity index is 1.65. The van der Waals surface area contributed by atoms with Gasteiger partial charge in [0, 0.05) is 12.6 Å². The first-order valence-corrected chi connectivity index (χ1v) is 7.39. The largest absolute Gasteiger partial charge is 0.481 e. The molecule has 0 heterocycles. The third-order valence-electron chi connectivity index (χ3n) is 4.40. The van der Waals surface area contributed by atoms with Crippen LogP contribution >= 0.6 is 0 Å². The van der Waals surface area contributed by atoms with Crippen molar-refractivity contribution in [3.8, 4) is 0 Å². The molecule has 2 fully saturated rings. The minimum Gasteiger partial charge on any atom is -0.481 e. The van der Waals surface area contributed by atoms with Crippen LogP contribution in [0.2, 0.25) is 0 Å². The Labute approximate surface area is 114 Å². The number of rotatable bonds is 6. The van der Waals surface area contributed by atoms with Crippen molar-refractivity contribution in [2.24, 2.45) is 17.8 Å². The Bertz CT molecular complexity index is 346. The normalized spacial score (nSPS) is 32.9. The lowest BCUT2D eigenvalue weighted by Crippen LogP contribution is -2.41. The van der Waals surface area contributed by atoms with Gasteiger partial charge < -0.3 is 15.7 Å². The second-order valence-corrected chi connectivity index (χ2v) is 5.88. The topological polar surface area (TPSA) is 78.4 Å². The summed E-state index contributed by atoms with van der Waals surface area (Å²) in [5.41, 5.74) is 0. The summed E-state index contributed by atoms with van der Waals surface area (Å²) in [7, 11) is 0. The highest BCUT2D eigenvalue weighted by Crippen LogP contribution is 2.34. The molecule has 2 rings (SSSR count). The second-order valence-electron chi connectivity index (χ2n) is 5.88. The van der Waals surface area contributed by atoms with Gasteiger partial charge in [-0.1, -0.05) is 19.8 Å². The maximum atomic E-state index is 11.7. The van der Waals surface area contributed by atoms with E-state index in [2.05, 4.69) is 17.6 Å². The Morgan fingerprint density at radius 2 is 2.05 bits per heavy atom.